The summed E-state index contributed by atoms with van der Waals surface area (Å²) in [6.45, 7) is 6.33. The summed E-state index contributed by atoms with van der Waals surface area (Å²) in [5.74, 6) is 1.21. The van der Waals surface area contributed by atoms with E-state index in [2.05, 4.69) is 6.92 Å². The summed E-state index contributed by atoms with van der Waals surface area (Å²) in [7, 11) is 0. The fourth-order valence-corrected chi connectivity index (χ4v) is 3.61. The van der Waals surface area contributed by atoms with E-state index >= 15 is 0 Å². The number of hydrogen-bond donors (Lipinski definition) is 1. The molecule has 86 valence electrons. The molecule has 0 aromatic rings. The van der Waals surface area contributed by atoms with Crippen LogP contribution in [0.25, 0.3) is 0 Å². The topological polar surface area (TPSA) is 37.3 Å². The Hall–Kier alpha value is -0.370. The van der Waals surface area contributed by atoms with Gasteiger partial charge in [0.25, 0.3) is 0 Å². The summed E-state index contributed by atoms with van der Waals surface area (Å²) in [5.41, 5.74) is -0.819. The number of aliphatic hydroxyl groups is 1. The van der Waals surface area contributed by atoms with Crippen LogP contribution in [0.5, 0.6) is 0 Å². The normalized spacial score (nSPS) is 44.9. The number of rotatable bonds is 0. The highest BCUT2D eigenvalue weighted by Crippen LogP contribution is 2.53. The average Bonchev–Trinajstić information content (AvgIpc) is 2.08. The molecule has 2 rings (SSSR count). The average molecular weight is 210 g/mol. The Morgan fingerprint density at radius 3 is 2.73 bits per heavy atom. The molecule has 0 spiro atoms. The van der Waals surface area contributed by atoms with Crippen molar-refractivity contribution in [3.63, 3.8) is 0 Å². The van der Waals surface area contributed by atoms with Crippen LogP contribution in [0.4, 0.5) is 0 Å². The number of hydrogen-bond acceptors (Lipinski definition) is 2. The van der Waals surface area contributed by atoms with Crippen molar-refractivity contribution in [2.24, 2.45) is 17.3 Å². The van der Waals surface area contributed by atoms with Gasteiger partial charge in [0, 0.05) is 18.3 Å². The van der Waals surface area contributed by atoms with Crippen molar-refractivity contribution < 1.29 is 9.90 Å². The summed E-state index contributed by atoms with van der Waals surface area (Å²) >= 11 is 0. The summed E-state index contributed by atoms with van der Waals surface area (Å²) in [4.78, 5) is 11.7. The molecule has 1 N–H and O–H groups in total. The lowest BCUT2D eigenvalue weighted by molar-refractivity contribution is -0.173. The third kappa shape index (κ3) is 1.63. The van der Waals surface area contributed by atoms with Crippen LogP contribution in [0.2, 0.25) is 0 Å². The molecule has 0 aromatic carbocycles. The number of carbonyl (C=O) groups excluding carboxylic acids is 1. The second kappa shape index (κ2) is 3.31. The van der Waals surface area contributed by atoms with Crippen LogP contribution in [-0.4, -0.2) is 16.5 Å². The predicted molar refractivity (Wildman–Crippen MR) is 59.5 cm³/mol. The Balaban J connectivity index is 2.29. The maximum Gasteiger partial charge on any atom is 0.133 e. The molecular weight excluding hydrogens is 188 g/mol. The third-order valence-corrected chi connectivity index (χ3v) is 4.67. The molecule has 0 saturated heterocycles. The van der Waals surface area contributed by atoms with Gasteiger partial charge in [-0.1, -0.05) is 20.8 Å². The van der Waals surface area contributed by atoms with Crippen molar-refractivity contribution in [1.29, 1.82) is 0 Å². The van der Waals surface area contributed by atoms with Gasteiger partial charge in [0.15, 0.2) is 0 Å². The molecule has 15 heavy (non-hydrogen) atoms. The van der Waals surface area contributed by atoms with E-state index in [1.165, 1.54) is 0 Å². The molecule has 3 atom stereocenters. The van der Waals surface area contributed by atoms with Crippen molar-refractivity contribution in [3.8, 4) is 0 Å². The van der Waals surface area contributed by atoms with Gasteiger partial charge in [0.05, 0.1) is 5.60 Å². The van der Waals surface area contributed by atoms with E-state index in [9.17, 15) is 9.90 Å². The van der Waals surface area contributed by atoms with E-state index in [1.54, 1.807) is 0 Å². The van der Waals surface area contributed by atoms with Crippen LogP contribution in [0.15, 0.2) is 0 Å². The Bertz CT molecular complexity index is 282. The lowest BCUT2D eigenvalue weighted by Gasteiger charge is -2.54. The Labute approximate surface area is 92.1 Å². The Morgan fingerprint density at radius 2 is 2.07 bits per heavy atom. The van der Waals surface area contributed by atoms with Gasteiger partial charge in [-0.15, -0.1) is 0 Å². The molecule has 0 bridgehead atoms. The quantitative estimate of drug-likeness (QED) is 0.667. The van der Waals surface area contributed by atoms with Crippen molar-refractivity contribution >= 4 is 5.78 Å². The van der Waals surface area contributed by atoms with E-state index in [1.807, 2.05) is 13.8 Å². The zero-order valence-corrected chi connectivity index (χ0v) is 10.0. The van der Waals surface area contributed by atoms with Gasteiger partial charge >= 0.3 is 0 Å². The lowest BCUT2D eigenvalue weighted by atomic mass is 9.54. The van der Waals surface area contributed by atoms with Crippen molar-refractivity contribution in [3.05, 3.63) is 0 Å². The number of ketones is 1. The van der Waals surface area contributed by atoms with Crippen LogP contribution < -0.4 is 0 Å². The van der Waals surface area contributed by atoms with E-state index < -0.39 is 5.60 Å². The first kappa shape index (κ1) is 11.1. The molecule has 0 heterocycles. The maximum atomic E-state index is 11.7. The zero-order chi connectivity index (χ0) is 11.3. The summed E-state index contributed by atoms with van der Waals surface area (Å²) in [6.07, 6.45) is 4.15. The highest BCUT2D eigenvalue weighted by atomic mass is 16.3. The van der Waals surface area contributed by atoms with Gasteiger partial charge in [0.1, 0.15) is 5.78 Å². The minimum atomic E-state index is -0.590. The van der Waals surface area contributed by atoms with Crippen molar-refractivity contribution in [1.82, 2.24) is 0 Å². The van der Waals surface area contributed by atoms with E-state index in [0.29, 0.717) is 24.5 Å². The van der Waals surface area contributed by atoms with Gasteiger partial charge < -0.3 is 5.11 Å². The minimum Gasteiger partial charge on any atom is -0.389 e. The fourth-order valence-electron chi connectivity index (χ4n) is 3.61. The van der Waals surface area contributed by atoms with Crippen LogP contribution in [-0.2, 0) is 4.79 Å². The first-order chi connectivity index (χ1) is 6.85. The van der Waals surface area contributed by atoms with E-state index in [0.717, 1.165) is 19.3 Å². The number of fused-ring (bicyclic) bond motifs is 1. The first-order valence-electron chi connectivity index (χ1n) is 6.09. The SMILES string of the molecule is CC1CCC2(O)C(CC(=O)CC2(C)C)C1. The van der Waals surface area contributed by atoms with E-state index in [-0.39, 0.29) is 11.3 Å². The molecule has 2 fully saturated rings. The number of Topliss-reactive ketones (excluding diaryl/α,β-unsaturated/α-hetero) is 1. The van der Waals surface area contributed by atoms with Crippen molar-refractivity contribution in [2.45, 2.75) is 58.5 Å². The van der Waals surface area contributed by atoms with Gasteiger partial charge in [0.2, 0.25) is 0 Å². The summed E-state index contributed by atoms with van der Waals surface area (Å²) in [6, 6.07) is 0. The predicted octanol–water partition coefficient (Wildman–Crippen LogP) is 2.54. The minimum absolute atomic E-state index is 0.206. The Kier molecular flexibility index (Phi) is 2.45. The zero-order valence-electron chi connectivity index (χ0n) is 10.0. The molecule has 2 saturated carbocycles. The highest BCUT2D eigenvalue weighted by Gasteiger charge is 2.55. The molecule has 0 aromatic heterocycles. The molecule has 3 unspecified atom stereocenters. The monoisotopic (exact) mass is 210 g/mol. The first-order valence-corrected chi connectivity index (χ1v) is 6.09. The molecule has 0 radical (unpaired) electrons. The standard InChI is InChI=1S/C13H22O2/c1-9-4-5-13(15)10(6-9)7-11(14)8-12(13,2)3/h9-10,15H,4-8H2,1-3H3. The lowest BCUT2D eigenvalue weighted by Crippen LogP contribution is -2.57. The van der Waals surface area contributed by atoms with Crippen LogP contribution in [0.3, 0.4) is 0 Å². The van der Waals surface area contributed by atoms with E-state index in [4.69, 9.17) is 0 Å². The largest absolute Gasteiger partial charge is 0.389 e. The van der Waals surface area contributed by atoms with Gasteiger partial charge in [-0.3, -0.25) is 4.79 Å². The van der Waals surface area contributed by atoms with Gasteiger partial charge in [-0.05, 0) is 31.1 Å². The molecule has 0 aliphatic heterocycles. The smallest absolute Gasteiger partial charge is 0.133 e. The summed E-state index contributed by atoms with van der Waals surface area (Å²) in [5, 5.41) is 10.8. The maximum absolute atomic E-state index is 11.7. The fraction of sp³-hybridized carbons (Fsp3) is 0.923. The third-order valence-electron chi connectivity index (χ3n) is 4.67. The highest BCUT2D eigenvalue weighted by molar-refractivity contribution is 5.80. The second-order valence-electron chi connectivity index (χ2n) is 6.30. The second-order valence-corrected chi connectivity index (χ2v) is 6.30. The van der Waals surface area contributed by atoms with Crippen molar-refractivity contribution in [2.75, 3.05) is 0 Å². The molecule has 2 aliphatic rings. The van der Waals surface area contributed by atoms with Gasteiger partial charge in [-0.2, -0.15) is 0 Å². The summed E-state index contributed by atoms with van der Waals surface area (Å²) < 4.78 is 0. The van der Waals surface area contributed by atoms with Crippen LogP contribution in [0.1, 0.15) is 52.9 Å². The molecular formula is C13H22O2. The number of carbonyl (C=O) groups is 1. The van der Waals surface area contributed by atoms with Crippen LogP contribution >= 0.6 is 0 Å². The van der Waals surface area contributed by atoms with Crippen LogP contribution in [0, 0.1) is 17.3 Å². The molecule has 0 amide bonds. The van der Waals surface area contributed by atoms with Gasteiger partial charge in [-0.25, -0.2) is 0 Å². The Morgan fingerprint density at radius 1 is 1.40 bits per heavy atom. The molecule has 2 nitrogen and oxygen atoms in total. The molecule has 2 heteroatoms. The molecule has 2 aliphatic carbocycles.